The molecular weight excluding hydrogens is 136 g/mol. The van der Waals surface area contributed by atoms with Gasteiger partial charge in [-0.1, -0.05) is 0 Å². The molecule has 0 aromatic heterocycles. The molecule has 1 unspecified atom stereocenters. The second kappa shape index (κ2) is 4.18. The summed E-state index contributed by atoms with van der Waals surface area (Å²) in [6.07, 6.45) is 4.81. The summed E-state index contributed by atoms with van der Waals surface area (Å²) in [5, 5.41) is 0. The average molecular weight is 150 g/mol. The molecule has 11 heavy (non-hydrogen) atoms. The highest BCUT2D eigenvalue weighted by Crippen LogP contribution is 2.25. The number of hydrogen-bond donors (Lipinski definition) is 0. The van der Waals surface area contributed by atoms with Crippen molar-refractivity contribution in [1.82, 2.24) is 0 Å². The van der Waals surface area contributed by atoms with E-state index in [0.717, 1.165) is 32.1 Å². The van der Waals surface area contributed by atoms with Gasteiger partial charge in [0, 0.05) is 19.3 Å². The van der Waals surface area contributed by atoms with Gasteiger partial charge in [0.25, 0.3) is 0 Å². The smallest absolute Gasteiger partial charge is 0.133 e. The summed E-state index contributed by atoms with van der Waals surface area (Å²) >= 11 is 0. The molecular formula is C10H14O. The van der Waals surface area contributed by atoms with E-state index in [4.69, 9.17) is 0 Å². The monoisotopic (exact) mass is 150 g/mol. The summed E-state index contributed by atoms with van der Waals surface area (Å²) in [7, 11) is 0. The van der Waals surface area contributed by atoms with Gasteiger partial charge in [0.05, 0.1) is 0 Å². The summed E-state index contributed by atoms with van der Waals surface area (Å²) in [6.45, 7) is 1.86. The number of hydrogen-bond acceptors (Lipinski definition) is 1. The summed E-state index contributed by atoms with van der Waals surface area (Å²) in [4.78, 5) is 10.9. The summed E-state index contributed by atoms with van der Waals surface area (Å²) in [5.41, 5.74) is 0. The van der Waals surface area contributed by atoms with Crippen LogP contribution < -0.4 is 0 Å². The fourth-order valence-corrected chi connectivity index (χ4v) is 1.54. The minimum absolute atomic E-state index is 0.444. The van der Waals surface area contributed by atoms with Gasteiger partial charge in [0.1, 0.15) is 5.78 Å². The van der Waals surface area contributed by atoms with Crippen LogP contribution in [0.25, 0.3) is 0 Å². The van der Waals surface area contributed by atoms with Crippen LogP contribution in [0.2, 0.25) is 0 Å². The predicted octanol–water partition coefficient (Wildman–Crippen LogP) is 2.16. The van der Waals surface area contributed by atoms with E-state index in [1.165, 1.54) is 0 Å². The molecule has 1 aliphatic carbocycles. The van der Waals surface area contributed by atoms with Crippen molar-refractivity contribution in [1.29, 1.82) is 0 Å². The molecule has 0 heterocycles. The Morgan fingerprint density at radius 2 is 2.45 bits per heavy atom. The number of rotatable bonds is 2. The van der Waals surface area contributed by atoms with Crippen molar-refractivity contribution in [3.05, 3.63) is 0 Å². The molecule has 1 rings (SSSR count). The topological polar surface area (TPSA) is 17.1 Å². The standard InChI is InChI=1S/C10H14O/c1-2-3-4-5-9-6-7-10(11)8-9/h9H,4-8H2,1H3. The van der Waals surface area contributed by atoms with Gasteiger partial charge in [0.2, 0.25) is 0 Å². The molecule has 60 valence electrons. The molecule has 0 aliphatic heterocycles. The van der Waals surface area contributed by atoms with E-state index >= 15 is 0 Å². The lowest BCUT2D eigenvalue weighted by Crippen LogP contribution is -1.93. The highest BCUT2D eigenvalue weighted by atomic mass is 16.1. The third-order valence-electron chi connectivity index (χ3n) is 2.20. The Labute approximate surface area is 68.2 Å². The fraction of sp³-hybridized carbons (Fsp3) is 0.700. The van der Waals surface area contributed by atoms with E-state index in [1.54, 1.807) is 0 Å². The molecule has 0 bridgehead atoms. The van der Waals surface area contributed by atoms with Crippen molar-refractivity contribution in [2.75, 3.05) is 0 Å². The molecule has 1 atom stereocenters. The van der Waals surface area contributed by atoms with Crippen molar-refractivity contribution in [3.8, 4) is 11.8 Å². The van der Waals surface area contributed by atoms with Gasteiger partial charge in [-0.3, -0.25) is 4.79 Å². The van der Waals surface area contributed by atoms with Gasteiger partial charge in [-0.05, 0) is 25.7 Å². The molecule has 1 aliphatic rings. The third kappa shape index (κ3) is 2.76. The van der Waals surface area contributed by atoms with Crippen LogP contribution >= 0.6 is 0 Å². The Hall–Kier alpha value is -0.770. The van der Waals surface area contributed by atoms with Gasteiger partial charge >= 0.3 is 0 Å². The van der Waals surface area contributed by atoms with Crippen molar-refractivity contribution >= 4 is 5.78 Å². The molecule has 0 radical (unpaired) electrons. The first kappa shape index (κ1) is 8.33. The van der Waals surface area contributed by atoms with E-state index in [-0.39, 0.29) is 0 Å². The molecule has 0 amide bonds. The lowest BCUT2D eigenvalue weighted by molar-refractivity contribution is -0.117. The summed E-state index contributed by atoms with van der Waals surface area (Å²) in [6, 6.07) is 0. The van der Waals surface area contributed by atoms with Crippen molar-refractivity contribution in [2.24, 2.45) is 5.92 Å². The largest absolute Gasteiger partial charge is 0.300 e. The van der Waals surface area contributed by atoms with Crippen LogP contribution in [-0.4, -0.2) is 5.78 Å². The van der Waals surface area contributed by atoms with E-state index in [0.29, 0.717) is 11.7 Å². The third-order valence-corrected chi connectivity index (χ3v) is 2.20. The Morgan fingerprint density at radius 1 is 1.64 bits per heavy atom. The maximum Gasteiger partial charge on any atom is 0.133 e. The first-order valence-electron chi connectivity index (χ1n) is 4.24. The number of Topliss-reactive ketones (excluding diaryl/α,β-unsaturated/α-hetero) is 1. The minimum Gasteiger partial charge on any atom is -0.300 e. The second-order valence-electron chi connectivity index (χ2n) is 3.11. The molecule has 0 aromatic rings. The van der Waals surface area contributed by atoms with Crippen LogP contribution in [0.15, 0.2) is 0 Å². The van der Waals surface area contributed by atoms with Crippen LogP contribution in [0.3, 0.4) is 0 Å². The zero-order chi connectivity index (χ0) is 8.10. The Kier molecular flexibility index (Phi) is 3.16. The molecule has 1 heteroatoms. The van der Waals surface area contributed by atoms with Crippen LogP contribution in [0.4, 0.5) is 0 Å². The average Bonchev–Trinajstić information content (AvgIpc) is 2.37. The van der Waals surface area contributed by atoms with Crippen molar-refractivity contribution in [2.45, 2.75) is 39.0 Å². The Balaban J connectivity index is 2.16. The summed E-state index contributed by atoms with van der Waals surface area (Å²) < 4.78 is 0. The van der Waals surface area contributed by atoms with Crippen LogP contribution in [0, 0.1) is 17.8 Å². The maximum atomic E-state index is 10.9. The molecule has 0 saturated heterocycles. The Morgan fingerprint density at radius 3 is 3.00 bits per heavy atom. The zero-order valence-corrected chi connectivity index (χ0v) is 7.02. The first-order chi connectivity index (χ1) is 5.33. The van der Waals surface area contributed by atoms with E-state index in [1.807, 2.05) is 6.92 Å². The van der Waals surface area contributed by atoms with Gasteiger partial charge in [-0.25, -0.2) is 0 Å². The van der Waals surface area contributed by atoms with Crippen molar-refractivity contribution in [3.63, 3.8) is 0 Å². The normalized spacial score (nSPS) is 23.0. The predicted molar refractivity (Wildman–Crippen MR) is 45.0 cm³/mol. The quantitative estimate of drug-likeness (QED) is 0.551. The molecule has 1 saturated carbocycles. The number of ketones is 1. The van der Waals surface area contributed by atoms with E-state index < -0.39 is 0 Å². The van der Waals surface area contributed by atoms with Gasteiger partial charge in [-0.15, -0.1) is 11.8 Å². The fourth-order valence-electron chi connectivity index (χ4n) is 1.54. The maximum absolute atomic E-state index is 10.9. The number of carbonyl (C=O) groups excluding carboxylic acids is 1. The zero-order valence-electron chi connectivity index (χ0n) is 7.02. The second-order valence-corrected chi connectivity index (χ2v) is 3.11. The minimum atomic E-state index is 0.444. The summed E-state index contributed by atoms with van der Waals surface area (Å²) in [5.74, 6) is 6.98. The molecule has 0 N–H and O–H groups in total. The van der Waals surface area contributed by atoms with Crippen molar-refractivity contribution < 1.29 is 4.79 Å². The van der Waals surface area contributed by atoms with Gasteiger partial charge in [0.15, 0.2) is 0 Å². The van der Waals surface area contributed by atoms with Gasteiger partial charge in [-0.2, -0.15) is 0 Å². The van der Waals surface area contributed by atoms with Crippen LogP contribution in [0.5, 0.6) is 0 Å². The molecule has 0 spiro atoms. The number of carbonyl (C=O) groups is 1. The lowest BCUT2D eigenvalue weighted by Gasteiger charge is -2.02. The Bertz CT molecular complexity index is 195. The van der Waals surface area contributed by atoms with Crippen LogP contribution in [-0.2, 0) is 4.79 Å². The highest BCUT2D eigenvalue weighted by Gasteiger charge is 2.20. The highest BCUT2D eigenvalue weighted by molar-refractivity contribution is 5.80. The lowest BCUT2D eigenvalue weighted by atomic mass is 10.0. The molecule has 1 fully saturated rings. The molecule has 1 nitrogen and oxygen atoms in total. The first-order valence-corrected chi connectivity index (χ1v) is 4.24. The van der Waals surface area contributed by atoms with Crippen LogP contribution in [0.1, 0.15) is 39.0 Å². The SMILES string of the molecule is CC#CCCC1CCC(=O)C1. The van der Waals surface area contributed by atoms with E-state index in [2.05, 4.69) is 11.8 Å². The van der Waals surface area contributed by atoms with E-state index in [9.17, 15) is 4.79 Å². The van der Waals surface area contributed by atoms with Gasteiger partial charge < -0.3 is 0 Å². The molecule has 0 aromatic carbocycles.